The predicted octanol–water partition coefficient (Wildman–Crippen LogP) is 1.62. The first-order chi connectivity index (χ1) is 11.9. The average Bonchev–Trinajstić information content (AvgIpc) is 3.07. The van der Waals surface area contributed by atoms with Crippen LogP contribution < -0.4 is 10.6 Å². The molecular formula is C18H24FN5O. The van der Waals surface area contributed by atoms with E-state index in [1.165, 1.54) is 18.2 Å². The lowest BCUT2D eigenvalue weighted by molar-refractivity contribution is -0.133. The van der Waals surface area contributed by atoms with E-state index in [1.807, 2.05) is 24.8 Å². The standard InChI is InChI=1S/C18H24FN5O/c1-12(2)17(25)24-7-6-15(11-24)23-18(21-3)22-10-14-8-13(9-20)4-5-16(14)19/h4-5,8,12,15H,6-7,10-11H2,1-3H3,(H2,21,22,23). The molecule has 0 aromatic heterocycles. The van der Waals surface area contributed by atoms with Crippen LogP contribution >= 0.6 is 0 Å². The first-order valence-corrected chi connectivity index (χ1v) is 8.39. The summed E-state index contributed by atoms with van der Waals surface area (Å²) in [4.78, 5) is 18.0. The molecule has 2 rings (SSSR count). The normalized spacial score (nSPS) is 17.5. The number of aliphatic imine (C=N–C) groups is 1. The van der Waals surface area contributed by atoms with Crippen LogP contribution in [0.3, 0.4) is 0 Å². The average molecular weight is 345 g/mol. The summed E-state index contributed by atoms with van der Waals surface area (Å²) in [6, 6.07) is 6.38. The van der Waals surface area contributed by atoms with Crippen molar-refractivity contribution in [2.24, 2.45) is 10.9 Å². The van der Waals surface area contributed by atoms with Gasteiger partial charge in [-0.2, -0.15) is 5.26 Å². The fraction of sp³-hybridized carbons (Fsp3) is 0.500. The van der Waals surface area contributed by atoms with Gasteiger partial charge in [0.1, 0.15) is 5.82 Å². The van der Waals surface area contributed by atoms with Gasteiger partial charge in [0, 0.05) is 44.2 Å². The van der Waals surface area contributed by atoms with E-state index in [-0.39, 0.29) is 30.2 Å². The number of hydrogen-bond donors (Lipinski definition) is 2. The molecule has 2 N–H and O–H groups in total. The van der Waals surface area contributed by atoms with Gasteiger partial charge >= 0.3 is 0 Å². The topological polar surface area (TPSA) is 80.5 Å². The summed E-state index contributed by atoms with van der Waals surface area (Å²) in [6.45, 7) is 5.38. The molecule has 1 saturated heterocycles. The largest absolute Gasteiger partial charge is 0.352 e. The third-order valence-electron chi connectivity index (χ3n) is 4.18. The number of nitrogens with one attached hydrogen (secondary N) is 2. The van der Waals surface area contributed by atoms with Crippen molar-refractivity contribution in [1.29, 1.82) is 5.26 Å². The van der Waals surface area contributed by atoms with Crippen molar-refractivity contribution >= 4 is 11.9 Å². The lowest BCUT2D eigenvalue weighted by Crippen LogP contribution is -2.45. The Morgan fingerprint density at radius 2 is 2.28 bits per heavy atom. The third-order valence-corrected chi connectivity index (χ3v) is 4.18. The van der Waals surface area contributed by atoms with Crippen LogP contribution in [0.15, 0.2) is 23.2 Å². The van der Waals surface area contributed by atoms with Gasteiger partial charge in [-0.1, -0.05) is 13.8 Å². The molecule has 0 aliphatic carbocycles. The zero-order chi connectivity index (χ0) is 18.4. The Labute approximate surface area is 147 Å². The smallest absolute Gasteiger partial charge is 0.225 e. The van der Waals surface area contributed by atoms with Crippen molar-refractivity contribution < 1.29 is 9.18 Å². The minimum atomic E-state index is -0.364. The molecule has 1 aliphatic heterocycles. The van der Waals surface area contributed by atoms with Crippen LogP contribution in [-0.2, 0) is 11.3 Å². The molecule has 1 aromatic rings. The second-order valence-corrected chi connectivity index (χ2v) is 6.41. The Morgan fingerprint density at radius 1 is 1.52 bits per heavy atom. The lowest BCUT2D eigenvalue weighted by atomic mass is 10.1. The fourth-order valence-electron chi connectivity index (χ4n) is 2.79. The molecule has 1 aliphatic rings. The molecule has 7 heteroatoms. The molecule has 1 aromatic carbocycles. The first kappa shape index (κ1) is 18.7. The Morgan fingerprint density at radius 3 is 2.92 bits per heavy atom. The fourth-order valence-corrected chi connectivity index (χ4v) is 2.79. The van der Waals surface area contributed by atoms with E-state index in [0.717, 1.165) is 13.0 Å². The second kappa shape index (κ2) is 8.47. The molecule has 25 heavy (non-hydrogen) atoms. The number of guanidine groups is 1. The minimum absolute atomic E-state index is 0.00780. The number of carbonyl (C=O) groups is 1. The predicted molar refractivity (Wildman–Crippen MR) is 94.3 cm³/mol. The van der Waals surface area contributed by atoms with E-state index in [1.54, 1.807) is 7.05 Å². The molecule has 1 amide bonds. The van der Waals surface area contributed by atoms with Crippen LogP contribution in [-0.4, -0.2) is 42.9 Å². The van der Waals surface area contributed by atoms with Gasteiger partial charge in [-0.05, 0) is 24.6 Å². The number of amides is 1. The molecule has 1 atom stereocenters. The molecule has 0 radical (unpaired) electrons. The zero-order valence-corrected chi connectivity index (χ0v) is 14.8. The van der Waals surface area contributed by atoms with Crippen LogP contribution in [0.4, 0.5) is 4.39 Å². The highest BCUT2D eigenvalue weighted by Crippen LogP contribution is 2.13. The number of likely N-dealkylation sites (tertiary alicyclic amines) is 1. The highest BCUT2D eigenvalue weighted by molar-refractivity contribution is 5.81. The Bertz CT molecular complexity index is 695. The van der Waals surface area contributed by atoms with Crippen molar-refractivity contribution in [1.82, 2.24) is 15.5 Å². The molecule has 1 heterocycles. The number of benzene rings is 1. The SMILES string of the molecule is CN=C(NCc1cc(C#N)ccc1F)NC1CCN(C(=O)C(C)C)C1. The molecule has 1 unspecified atom stereocenters. The van der Waals surface area contributed by atoms with E-state index in [2.05, 4.69) is 15.6 Å². The first-order valence-electron chi connectivity index (χ1n) is 8.39. The Kier molecular flexibility index (Phi) is 6.34. The van der Waals surface area contributed by atoms with E-state index in [0.29, 0.717) is 23.6 Å². The van der Waals surface area contributed by atoms with Gasteiger partial charge in [0.2, 0.25) is 5.91 Å². The van der Waals surface area contributed by atoms with Crippen molar-refractivity contribution in [3.05, 3.63) is 35.1 Å². The number of carbonyl (C=O) groups excluding carboxylic acids is 1. The van der Waals surface area contributed by atoms with Gasteiger partial charge < -0.3 is 15.5 Å². The number of nitrogens with zero attached hydrogens (tertiary/aromatic N) is 3. The maximum atomic E-state index is 13.8. The Hall–Kier alpha value is -2.62. The quantitative estimate of drug-likeness (QED) is 0.642. The number of nitriles is 1. The van der Waals surface area contributed by atoms with E-state index < -0.39 is 0 Å². The third kappa shape index (κ3) is 4.92. The van der Waals surface area contributed by atoms with Gasteiger partial charge in [-0.3, -0.25) is 9.79 Å². The van der Waals surface area contributed by atoms with Crippen molar-refractivity contribution in [2.45, 2.75) is 32.9 Å². The number of rotatable bonds is 4. The van der Waals surface area contributed by atoms with Crippen molar-refractivity contribution in [3.8, 4) is 6.07 Å². The number of halogens is 1. The van der Waals surface area contributed by atoms with Crippen LogP contribution in [0.25, 0.3) is 0 Å². The van der Waals surface area contributed by atoms with Crippen molar-refractivity contribution in [2.75, 3.05) is 20.1 Å². The van der Waals surface area contributed by atoms with E-state index >= 15 is 0 Å². The van der Waals surface area contributed by atoms with Gasteiger partial charge in [-0.15, -0.1) is 0 Å². The number of hydrogen-bond acceptors (Lipinski definition) is 3. The summed E-state index contributed by atoms with van der Waals surface area (Å²) in [5, 5.41) is 15.2. The van der Waals surface area contributed by atoms with Gasteiger partial charge in [0.25, 0.3) is 0 Å². The van der Waals surface area contributed by atoms with Crippen LogP contribution in [0, 0.1) is 23.1 Å². The highest BCUT2D eigenvalue weighted by atomic mass is 19.1. The lowest BCUT2D eigenvalue weighted by Gasteiger charge is -2.20. The summed E-state index contributed by atoms with van der Waals surface area (Å²) in [5.41, 5.74) is 0.824. The van der Waals surface area contributed by atoms with Gasteiger partial charge in [0.15, 0.2) is 5.96 Å². The molecule has 134 valence electrons. The van der Waals surface area contributed by atoms with E-state index in [9.17, 15) is 9.18 Å². The summed E-state index contributed by atoms with van der Waals surface area (Å²) < 4.78 is 13.8. The van der Waals surface area contributed by atoms with Crippen LogP contribution in [0.5, 0.6) is 0 Å². The summed E-state index contributed by atoms with van der Waals surface area (Å²) in [5.74, 6) is 0.330. The van der Waals surface area contributed by atoms with Crippen LogP contribution in [0.1, 0.15) is 31.4 Å². The maximum absolute atomic E-state index is 13.8. The molecule has 6 nitrogen and oxygen atoms in total. The molecule has 0 saturated carbocycles. The molecular weight excluding hydrogens is 321 g/mol. The van der Waals surface area contributed by atoms with Gasteiger partial charge in [-0.25, -0.2) is 4.39 Å². The second-order valence-electron chi connectivity index (χ2n) is 6.41. The molecule has 1 fully saturated rings. The Balaban J connectivity index is 1.90. The van der Waals surface area contributed by atoms with Gasteiger partial charge in [0.05, 0.1) is 11.6 Å². The van der Waals surface area contributed by atoms with Crippen molar-refractivity contribution in [3.63, 3.8) is 0 Å². The molecule has 0 bridgehead atoms. The van der Waals surface area contributed by atoms with E-state index in [4.69, 9.17) is 5.26 Å². The monoisotopic (exact) mass is 345 g/mol. The highest BCUT2D eigenvalue weighted by Gasteiger charge is 2.27. The molecule has 0 spiro atoms. The summed E-state index contributed by atoms with van der Waals surface area (Å²) >= 11 is 0. The maximum Gasteiger partial charge on any atom is 0.225 e. The zero-order valence-electron chi connectivity index (χ0n) is 14.8. The van der Waals surface area contributed by atoms with Crippen LogP contribution in [0.2, 0.25) is 0 Å². The summed E-state index contributed by atoms with van der Waals surface area (Å²) in [6.07, 6.45) is 0.845. The summed E-state index contributed by atoms with van der Waals surface area (Å²) in [7, 11) is 1.64. The minimum Gasteiger partial charge on any atom is -0.352 e.